The van der Waals surface area contributed by atoms with E-state index in [-0.39, 0.29) is 14.6 Å². The summed E-state index contributed by atoms with van der Waals surface area (Å²) in [7, 11) is -0.308. The minimum absolute atomic E-state index is 0.115. The molecule has 0 nitrogen and oxygen atoms in total. The van der Waals surface area contributed by atoms with Crippen LogP contribution in [0, 0.1) is 23.6 Å². The Hall–Kier alpha value is -0.633. The smallest absolute Gasteiger partial charge is 0.123 e. The summed E-state index contributed by atoms with van der Waals surface area (Å²) in [6, 6.07) is 12.0. The number of aryl methyl sites for hydroxylation is 1. The van der Waals surface area contributed by atoms with Crippen LogP contribution in [0.3, 0.4) is 0 Å². The third kappa shape index (κ3) is 5.18. The Morgan fingerprint density at radius 2 is 1.54 bits per heavy atom. The van der Waals surface area contributed by atoms with Gasteiger partial charge in [-0.1, -0.05) is 69.3 Å². The van der Waals surface area contributed by atoms with Gasteiger partial charge in [0.05, 0.1) is 0 Å². The number of benzene rings is 1. The monoisotopic (exact) mass is 346 g/mol. The number of hydrogen-bond acceptors (Lipinski definition) is 0. The molecule has 0 bridgehead atoms. The minimum Gasteiger partial charge on any atom is -0.207 e. The molecule has 24 heavy (non-hydrogen) atoms. The first kappa shape index (κ1) is 18.2. The van der Waals surface area contributed by atoms with Crippen LogP contribution in [0.4, 0.5) is 4.39 Å². The number of rotatable bonds is 6. The molecule has 0 radical (unpaired) electrons. The van der Waals surface area contributed by atoms with Gasteiger partial charge in [0.1, 0.15) is 5.82 Å². The summed E-state index contributed by atoms with van der Waals surface area (Å²) < 4.78 is 13.0. The fourth-order valence-corrected chi connectivity index (χ4v) is 8.81. The summed E-state index contributed by atoms with van der Waals surface area (Å²) in [5, 5.41) is 0. The van der Waals surface area contributed by atoms with Gasteiger partial charge in [-0.2, -0.15) is 0 Å². The van der Waals surface area contributed by atoms with Crippen molar-refractivity contribution in [1.82, 2.24) is 0 Å². The normalized spacial score (nSPS) is 31.1. The van der Waals surface area contributed by atoms with Gasteiger partial charge in [-0.25, -0.2) is 4.39 Å². The summed E-state index contributed by atoms with van der Waals surface area (Å²) in [5.74, 6) is 2.92. The van der Waals surface area contributed by atoms with Gasteiger partial charge in [-0.3, -0.25) is 0 Å². The van der Waals surface area contributed by atoms with Crippen LogP contribution in [0.25, 0.3) is 0 Å². The molecule has 0 aromatic heterocycles. The molecule has 2 aliphatic rings. The maximum absolute atomic E-state index is 13.0. The van der Waals surface area contributed by atoms with Gasteiger partial charge in [0.15, 0.2) is 0 Å². The molecular formula is C22H35FSi. The van der Waals surface area contributed by atoms with Crippen molar-refractivity contribution >= 4 is 8.80 Å². The summed E-state index contributed by atoms with van der Waals surface area (Å²) >= 11 is 0. The molecule has 1 aromatic carbocycles. The van der Waals surface area contributed by atoms with Gasteiger partial charge in [0.2, 0.25) is 0 Å². The third-order valence-electron chi connectivity index (χ3n) is 6.90. The Kier molecular flexibility index (Phi) is 6.94. The minimum atomic E-state index is -0.308. The molecule has 1 saturated carbocycles. The Morgan fingerprint density at radius 3 is 2.17 bits per heavy atom. The molecule has 134 valence electrons. The highest BCUT2D eigenvalue weighted by atomic mass is 28.3. The van der Waals surface area contributed by atoms with Crippen molar-refractivity contribution in [2.45, 2.75) is 82.8 Å². The van der Waals surface area contributed by atoms with Crippen LogP contribution >= 0.6 is 0 Å². The van der Waals surface area contributed by atoms with E-state index in [4.69, 9.17) is 0 Å². The predicted octanol–water partition coefficient (Wildman–Crippen LogP) is 6.61. The average Bonchev–Trinajstić information content (AvgIpc) is 2.63. The van der Waals surface area contributed by atoms with Crippen molar-refractivity contribution in [3.63, 3.8) is 0 Å². The van der Waals surface area contributed by atoms with Gasteiger partial charge in [0, 0.05) is 8.80 Å². The first-order valence-corrected chi connectivity index (χ1v) is 12.9. The number of halogens is 1. The molecular weight excluding hydrogens is 311 g/mol. The van der Waals surface area contributed by atoms with Crippen LogP contribution in [0.15, 0.2) is 24.3 Å². The second-order valence-electron chi connectivity index (χ2n) is 8.52. The lowest BCUT2D eigenvalue weighted by Crippen LogP contribution is -2.28. The highest BCUT2D eigenvalue weighted by molar-refractivity contribution is 6.58. The lowest BCUT2D eigenvalue weighted by atomic mass is 9.73. The van der Waals surface area contributed by atoms with Crippen molar-refractivity contribution in [1.29, 1.82) is 0 Å². The summed E-state index contributed by atoms with van der Waals surface area (Å²) in [6.45, 7) is 2.37. The van der Waals surface area contributed by atoms with Gasteiger partial charge in [-0.15, -0.1) is 0 Å². The average molecular weight is 347 g/mol. The zero-order chi connectivity index (χ0) is 16.8. The zero-order valence-corrected chi connectivity index (χ0v) is 16.6. The fraction of sp³-hybridized carbons (Fsp3) is 0.727. The molecule has 0 atom stereocenters. The third-order valence-corrected chi connectivity index (χ3v) is 10.6. The quantitative estimate of drug-likeness (QED) is 0.508. The van der Waals surface area contributed by atoms with E-state index in [1.165, 1.54) is 44.1 Å². The van der Waals surface area contributed by atoms with E-state index in [0.717, 1.165) is 24.2 Å². The van der Waals surface area contributed by atoms with Gasteiger partial charge in [-0.05, 0) is 61.1 Å². The summed E-state index contributed by atoms with van der Waals surface area (Å²) in [5.41, 5.74) is 1.30. The molecule has 2 heteroatoms. The summed E-state index contributed by atoms with van der Waals surface area (Å²) in [4.78, 5) is 0. The molecule has 1 aliphatic heterocycles. The Morgan fingerprint density at radius 1 is 0.917 bits per heavy atom. The highest BCUT2D eigenvalue weighted by Gasteiger charge is 2.30. The zero-order valence-electron chi connectivity index (χ0n) is 15.5. The topological polar surface area (TPSA) is 0 Å². The van der Waals surface area contributed by atoms with Crippen LogP contribution < -0.4 is 0 Å². The van der Waals surface area contributed by atoms with Crippen LogP contribution in [0.1, 0.15) is 63.9 Å². The van der Waals surface area contributed by atoms with Gasteiger partial charge < -0.3 is 0 Å². The first-order valence-electron chi connectivity index (χ1n) is 10.5. The molecule has 1 heterocycles. The van der Waals surface area contributed by atoms with Crippen molar-refractivity contribution in [2.75, 3.05) is 0 Å². The molecule has 3 rings (SSSR count). The standard InChI is InChI=1S/C22H35FSi/c1-2-15-24-16-13-21(14-17-24)20-9-5-18(6-10-20)3-4-19-7-11-22(23)12-8-19/h7-8,11-12,18,20-21,24H,2-6,9-10,13-17H2,1H3/t18-,20-,21?,24?. The van der Waals surface area contributed by atoms with E-state index in [1.807, 2.05) is 12.1 Å². The predicted molar refractivity (Wildman–Crippen MR) is 105 cm³/mol. The molecule has 1 aromatic rings. The lowest BCUT2D eigenvalue weighted by molar-refractivity contribution is 0.186. The van der Waals surface area contributed by atoms with Crippen molar-refractivity contribution in [2.24, 2.45) is 17.8 Å². The molecule has 0 N–H and O–H groups in total. The van der Waals surface area contributed by atoms with E-state index in [2.05, 4.69) is 6.92 Å². The lowest BCUT2D eigenvalue weighted by Gasteiger charge is -2.37. The molecule has 1 saturated heterocycles. The van der Waals surface area contributed by atoms with Crippen LogP contribution in [0.5, 0.6) is 0 Å². The molecule has 0 unspecified atom stereocenters. The molecule has 2 fully saturated rings. The largest absolute Gasteiger partial charge is 0.207 e. The van der Waals surface area contributed by atoms with Crippen molar-refractivity contribution in [3.8, 4) is 0 Å². The van der Waals surface area contributed by atoms with Gasteiger partial charge in [0.25, 0.3) is 0 Å². The van der Waals surface area contributed by atoms with Crippen molar-refractivity contribution in [3.05, 3.63) is 35.6 Å². The molecule has 1 aliphatic carbocycles. The second-order valence-corrected chi connectivity index (χ2v) is 12.0. The van der Waals surface area contributed by atoms with E-state index in [0.29, 0.717) is 0 Å². The molecule has 0 amide bonds. The maximum Gasteiger partial charge on any atom is 0.123 e. The fourth-order valence-electron chi connectivity index (χ4n) is 5.33. The Bertz CT molecular complexity index is 467. The van der Waals surface area contributed by atoms with E-state index in [1.54, 1.807) is 43.1 Å². The number of hydrogen-bond donors (Lipinski definition) is 0. The summed E-state index contributed by atoms with van der Waals surface area (Å²) in [6.07, 6.45) is 12.9. The van der Waals surface area contributed by atoms with Crippen LogP contribution in [-0.4, -0.2) is 8.80 Å². The van der Waals surface area contributed by atoms with Crippen LogP contribution in [0.2, 0.25) is 18.1 Å². The molecule has 0 spiro atoms. The Labute approximate surface area is 149 Å². The highest BCUT2D eigenvalue weighted by Crippen LogP contribution is 2.41. The van der Waals surface area contributed by atoms with E-state index in [9.17, 15) is 4.39 Å². The second kappa shape index (κ2) is 9.17. The SMILES string of the molecule is CCC[SiH]1CCC([C@H]2CC[C@H](CCc3ccc(F)cc3)CC2)CC1. The first-order chi connectivity index (χ1) is 11.7. The maximum atomic E-state index is 13.0. The van der Waals surface area contributed by atoms with Crippen LogP contribution in [-0.2, 0) is 6.42 Å². The van der Waals surface area contributed by atoms with E-state index < -0.39 is 0 Å². The van der Waals surface area contributed by atoms with Crippen molar-refractivity contribution < 1.29 is 4.39 Å². The van der Waals surface area contributed by atoms with E-state index >= 15 is 0 Å². The van der Waals surface area contributed by atoms with Gasteiger partial charge >= 0.3 is 0 Å². The Balaban J connectivity index is 1.36.